The number of furan rings is 1. The zero-order valence-corrected chi connectivity index (χ0v) is 9.73. The fourth-order valence-electron chi connectivity index (χ4n) is 3.28. The molecule has 3 heterocycles. The topological polar surface area (TPSA) is 28.4 Å². The van der Waals surface area contributed by atoms with Gasteiger partial charge in [0.05, 0.1) is 12.0 Å². The monoisotopic (exact) mass is 228 g/mol. The van der Waals surface area contributed by atoms with E-state index in [0.29, 0.717) is 0 Å². The molecule has 17 heavy (non-hydrogen) atoms. The normalized spacial score (nSPS) is 27.9. The van der Waals surface area contributed by atoms with E-state index >= 15 is 0 Å². The van der Waals surface area contributed by atoms with Crippen molar-refractivity contribution in [1.82, 2.24) is 5.32 Å². The molecule has 0 spiro atoms. The summed E-state index contributed by atoms with van der Waals surface area (Å²) in [5.74, 6) is 1.64. The van der Waals surface area contributed by atoms with Crippen LogP contribution in [0, 0.1) is 11.8 Å². The van der Waals surface area contributed by atoms with Crippen LogP contribution in [0.1, 0.15) is 0 Å². The third-order valence-electron chi connectivity index (χ3n) is 4.19. The van der Waals surface area contributed by atoms with Crippen molar-refractivity contribution in [2.24, 2.45) is 11.8 Å². The van der Waals surface area contributed by atoms with E-state index in [9.17, 15) is 0 Å². The number of nitrogens with one attached hydrogen (secondary N) is 1. The summed E-state index contributed by atoms with van der Waals surface area (Å²) in [5, 5.41) is 4.68. The molecule has 0 saturated carbocycles. The number of hydrogen-bond acceptors (Lipinski definition) is 3. The predicted octanol–water partition coefficient (Wildman–Crippen LogP) is 2.09. The van der Waals surface area contributed by atoms with E-state index in [4.69, 9.17) is 4.42 Å². The van der Waals surface area contributed by atoms with Crippen molar-refractivity contribution in [3.8, 4) is 0 Å². The summed E-state index contributed by atoms with van der Waals surface area (Å²) in [5.41, 5.74) is 2.31. The summed E-state index contributed by atoms with van der Waals surface area (Å²) in [6.07, 6.45) is 1.78. The smallest absolute Gasteiger partial charge is 0.157 e. The molecule has 0 aliphatic carbocycles. The van der Waals surface area contributed by atoms with Crippen molar-refractivity contribution in [1.29, 1.82) is 0 Å². The Morgan fingerprint density at radius 1 is 1.12 bits per heavy atom. The number of rotatable bonds is 1. The molecule has 88 valence electrons. The lowest BCUT2D eigenvalue weighted by molar-refractivity contribution is 0.533. The van der Waals surface area contributed by atoms with Crippen LogP contribution >= 0.6 is 0 Å². The van der Waals surface area contributed by atoms with Gasteiger partial charge in [-0.1, -0.05) is 12.1 Å². The molecule has 2 unspecified atom stereocenters. The molecule has 1 aromatic heterocycles. The molecule has 2 fully saturated rings. The molecule has 2 aliphatic heterocycles. The van der Waals surface area contributed by atoms with Crippen molar-refractivity contribution >= 4 is 16.7 Å². The first-order chi connectivity index (χ1) is 8.42. The molecule has 2 saturated heterocycles. The highest BCUT2D eigenvalue weighted by Gasteiger charge is 2.36. The van der Waals surface area contributed by atoms with Gasteiger partial charge < -0.3 is 14.6 Å². The fourth-order valence-corrected chi connectivity index (χ4v) is 3.28. The van der Waals surface area contributed by atoms with Gasteiger partial charge in [-0.15, -0.1) is 0 Å². The van der Waals surface area contributed by atoms with Crippen LogP contribution in [-0.4, -0.2) is 26.2 Å². The molecule has 3 heteroatoms. The van der Waals surface area contributed by atoms with E-state index in [2.05, 4.69) is 28.4 Å². The minimum atomic E-state index is 0.820. The Morgan fingerprint density at radius 2 is 1.94 bits per heavy atom. The molecule has 4 rings (SSSR count). The molecule has 2 atom stereocenters. The molecule has 0 amide bonds. The number of nitrogens with zero attached hydrogens (tertiary/aromatic N) is 1. The van der Waals surface area contributed by atoms with Gasteiger partial charge in [-0.2, -0.15) is 0 Å². The largest absolute Gasteiger partial charge is 0.462 e. The van der Waals surface area contributed by atoms with Crippen LogP contribution in [0.2, 0.25) is 0 Å². The molecule has 0 bridgehead atoms. The number of anilines is 1. The van der Waals surface area contributed by atoms with Crippen LogP contribution in [0.5, 0.6) is 0 Å². The Bertz CT molecular complexity index is 536. The zero-order chi connectivity index (χ0) is 11.2. The number of para-hydroxylation sites is 1. The molecule has 3 nitrogen and oxygen atoms in total. The fraction of sp³-hybridized carbons (Fsp3) is 0.429. The van der Waals surface area contributed by atoms with Gasteiger partial charge in [0.1, 0.15) is 0 Å². The molecule has 1 aromatic carbocycles. The van der Waals surface area contributed by atoms with Crippen molar-refractivity contribution in [2.45, 2.75) is 0 Å². The molecular formula is C14H16N2O. The van der Waals surface area contributed by atoms with Gasteiger partial charge in [0, 0.05) is 31.6 Å². The predicted molar refractivity (Wildman–Crippen MR) is 68.3 cm³/mol. The molecule has 1 N–H and O–H groups in total. The van der Waals surface area contributed by atoms with E-state index in [1.165, 1.54) is 24.2 Å². The SMILES string of the molecule is c1cc(N2CC3CNCC3C2)c2occc2c1. The minimum Gasteiger partial charge on any atom is -0.462 e. The second-order valence-electron chi connectivity index (χ2n) is 5.20. The van der Waals surface area contributed by atoms with Crippen molar-refractivity contribution in [2.75, 3.05) is 31.1 Å². The third-order valence-corrected chi connectivity index (χ3v) is 4.19. The second-order valence-corrected chi connectivity index (χ2v) is 5.20. The lowest BCUT2D eigenvalue weighted by atomic mass is 10.0. The van der Waals surface area contributed by atoms with E-state index < -0.39 is 0 Å². The van der Waals surface area contributed by atoms with Gasteiger partial charge >= 0.3 is 0 Å². The lowest BCUT2D eigenvalue weighted by Gasteiger charge is -2.19. The average molecular weight is 228 g/mol. The maximum atomic E-state index is 5.63. The van der Waals surface area contributed by atoms with E-state index in [1.807, 2.05) is 6.07 Å². The van der Waals surface area contributed by atoms with Gasteiger partial charge in [-0.05, 0) is 24.0 Å². The number of hydrogen-bond donors (Lipinski definition) is 1. The van der Waals surface area contributed by atoms with Crippen LogP contribution in [0.3, 0.4) is 0 Å². The Balaban J connectivity index is 1.73. The highest BCUT2D eigenvalue weighted by Crippen LogP contribution is 2.34. The first-order valence-corrected chi connectivity index (χ1v) is 6.34. The van der Waals surface area contributed by atoms with Crippen LogP contribution in [0.25, 0.3) is 11.0 Å². The van der Waals surface area contributed by atoms with E-state index in [-0.39, 0.29) is 0 Å². The number of benzene rings is 1. The van der Waals surface area contributed by atoms with E-state index in [0.717, 1.165) is 30.5 Å². The summed E-state index contributed by atoms with van der Waals surface area (Å²) >= 11 is 0. The summed E-state index contributed by atoms with van der Waals surface area (Å²) in [6.45, 7) is 4.68. The van der Waals surface area contributed by atoms with Crippen molar-refractivity contribution < 1.29 is 4.42 Å². The highest BCUT2D eigenvalue weighted by molar-refractivity contribution is 5.89. The van der Waals surface area contributed by atoms with Gasteiger partial charge in [0.25, 0.3) is 0 Å². The van der Waals surface area contributed by atoms with Crippen LogP contribution in [0.4, 0.5) is 5.69 Å². The first kappa shape index (κ1) is 9.54. The summed E-state index contributed by atoms with van der Waals surface area (Å²) in [4.78, 5) is 2.49. The Hall–Kier alpha value is -1.48. The average Bonchev–Trinajstić information content (AvgIpc) is 3.02. The standard InChI is InChI=1S/C14H16N2O/c1-2-10-4-5-17-14(10)13(3-1)16-8-11-6-15-7-12(11)9-16/h1-5,11-12,15H,6-9H2. The van der Waals surface area contributed by atoms with Gasteiger partial charge in [0.2, 0.25) is 0 Å². The van der Waals surface area contributed by atoms with Crippen molar-refractivity contribution in [3.63, 3.8) is 0 Å². The highest BCUT2D eigenvalue weighted by atomic mass is 16.3. The summed E-state index contributed by atoms with van der Waals surface area (Å²) in [6, 6.07) is 8.46. The van der Waals surface area contributed by atoms with Gasteiger partial charge in [-0.3, -0.25) is 0 Å². The van der Waals surface area contributed by atoms with Crippen LogP contribution in [0.15, 0.2) is 34.9 Å². The quantitative estimate of drug-likeness (QED) is 0.810. The third kappa shape index (κ3) is 1.39. The molecule has 0 radical (unpaired) electrons. The Labute approximate surface area is 100 Å². The minimum absolute atomic E-state index is 0.820. The van der Waals surface area contributed by atoms with Gasteiger partial charge in [-0.25, -0.2) is 0 Å². The first-order valence-electron chi connectivity index (χ1n) is 6.34. The molecule has 2 aromatic rings. The van der Waals surface area contributed by atoms with Crippen LogP contribution < -0.4 is 10.2 Å². The maximum absolute atomic E-state index is 5.63. The second kappa shape index (κ2) is 3.50. The summed E-state index contributed by atoms with van der Waals surface area (Å²) < 4.78 is 5.63. The molecular weight excluding hydrogens is 212 g/mol. The van der Waals surface area contributed by atoms with Crippen molar-refractivity contribution in [3.05, 3.63) is 30.5 Å². The molecule has 2 aliphatic rings. The lowest BCUT2D eigenvalue weighted by Crippen LogP contribution is -2.25. The van der Waals surface area contributed by atoms with E-state index in [1.54, 1.807) is 6.26 Å². The zero-order valence-electron chi connectivity index (χ0n) is 9.73. The maximum Gasteiger partial charge on any atom is 0.157 e. The van der Waals surface area contributed by atoms with Gasteiger partial charge in [0.15, 0.2) is 5.58 Å². The summed E-state index contributed by atoms with van der Waals surface area (Å²) in [7, 11) is 0. The Kier molecular flexibility index (Phi) is 1.97. The Morgan fingerprint density at radius 3 is 2.76 bits per heavy atom. The van der Waals surface area contributed by atoms with Crippen LogP contribution in [-0.2, 0) is 0 Å². The number of fused-ring (bicyclic) bond motifs is 2.